The summed E-state index contributed by atoms with van der Waals surface area (Å²) in [7, 11) is 0. The van der Waals surface area contributed by atoms with Crippen LogP contribution in [-0.4, -0.2) is 11.5 Å². The molecular weight excluding hydrogens is 172 g/mol. The van der Waals surface area contributed by atoms with Gasteiger partial charge in [-0.1, -0.05) is 18.9 Å². The highest BCUT2D eigenvalue weighted by Crippen LogP contribution is 2.31. The van der Waals surface area contributed by atoms with Crippen molar-refractivity contribution < 1.29 is 0 Å². The van der Waals surface area contributed by atoms with Gasteiger partial charge in [-0.3, -0.25) is 4.98 Å². The molecule has 2 heteroatoms. The molecule has 1 aromatic rings. The van der Waals surface area contributed by atoms with E-state index in [0.717, 1.165) is 19.0 Å². The summed E-state index contributed by atoms with van der Waals surface area (Å²) in [6.45, 7) is 4.17. The molecule has 1 N–H and O–H groups in total. The third kappa shape index (κ3) is 2.81. The van der Waals surface area contributed by atoms with Crippen molar-refractivity contribution >= 4 is 0 Å². The van der Waals surface area contributed by atoms with Gasteiger partial charge in [0, 0.05) is 12.7 Å². The molecule has 0 atom stereocenters. The van der Waals surface area contributed by atoms with Crippen molar-refractivity contribution in [2.45, 2.75) is 32.7 Å². The molecule has 0 spiro atoms. The highest BCUT2D eigenvalue weighted by Gasteiger charge is 2.19. The summed E-state index contributed by atoms with van der Waals surface area (Å²) in [5, 5.41) is 3.45. The Morgan fingerprint density at radius 2 is 2.36 bits per heavy atom. The lowest BCUT2D eigenvalue weighted by Crippen LogP contribution is -2.16. The molecule has 1 aliphatic rings. The van der Waals surface area contributed by atoms with Crippen molar-refractivity contribution in [2.24, 2.45) is 5.92 Å². The first-order chi connectivity index (χ1) is 6.86. The van der Waals surface area contributed by atoms with E-state index in [1.165, 1.54) is 30.5 Å². The zero-order chi connectivity index (χ0) is 9.80. The van der Waals surface area contributed by atoms with Gasteiger partial charge in [-0.05, 0) is 37.4 Å². The molecular formula is C12H18N2. The standard InChI is InChI=1S/C12H18N2/c1-10-3-2-7-14-12(10)9-13-8-6-11-4-5-11/h2-3,7,11,13H,4-6,8-9H2,1H3. The summed E-state index contributed by atoms with van der Waals surface area (Å²) in [4.78, 5) is 4.35. The molecule has 0 aliphatic heterocycles. The number of rotatable bonds is 5. The molecule has 0 saturated heterocycles. The van der Waals surface area contributed by atoms with Crippen LogP contribution < -0.4 is 5.32 Å². The fourth-order valence-corrected chi connectivity index (χ4v) is 1.62. The number of aromatic nitrogens is 1. The van der Waals surface area contributed by atoms with E-state index in [0.29, 0.717) is 0 Å². The molecule has 2 nitrogen and oxygen atoms in total. The summed E-state index contributed by atoms with van der Waals surface area (Å²) >= 11 is 0. The van der Waals surface area contributed by atoms with Gasteiger partial charge in [0.25, 0.3) is 0 Å². The van der Waals surface area contributed by atoms with Crippen LogP contribution >= 0.6 is 0 Å². The molecule has 0 aromatic carbocycles. The van der Waals surface area contributed by atoms with Crippen molar-refractivity contribution in [3.8, 4) is 0 Å². The minimum absolute atomic E-state index is 0.916. The molecule has 1 aromatic heterocycles. The smallest absolute Gasteiger partial charge is 0.0570 e. The van der Waals surface area contributed by atoms with Gasteiger partial charge in [-0.25, -0.2) is 0 Å². The lowest BCUT2D eigenvalue weighted by Gasteiger charge is -2.05. The number of nitrogens with zero attached hydrogens (tertiary/aromatic N) is 1. The normalized spacial score (nSPS) is 15.8. The van der Waals surface area contributed by atoms with E-state index in [1.807, 2.05) is 12.3 Å². The van der Waals surface area contributed by atoms with E-state index in [9.17, 15) is 0 Å². The molecule has 0 bridgehead atoms. The van der Waals surface area contributed by atoms with Crippen LogP contribution in [0.15, 0.2) is 18.3 Å². The van der Waals surface area contributed by atoms with E-state index in [2.05, 4.69) is 23.3 Å². The van der Waals surface area contributed by atoms with Gasteiger partial charge in [0.05, 0.1) is 5.69 Å². The molecule has 1 heterocycles. The molecule has 1 fully saturated rings. The maximum Gasteiger partial charge on any atom is 0.0570 e. The lowest BCUT2D eigenvalue weighted by atomic mass is 10.2. The number of aryl methyl sites for hydroxylation is 1. The summed E-state index contributed by atoms with van der Waals surface area (Å²) in [5.74, 6) is 1.02. The monoisotopic (exact) mass is 190 g/mol. The molecule has 1 aliphatic carbocycles. The zero-order valence-electron chi connectivity index (χ0n) is 8.79. The van der Waals surface area contributed by atoms with Gasteiger partial charge in [0.2, 0.25) is 0 Å². The SMILES string of the molecule is Cc1cccnc1CNCCC1CC1. The highest BCUT2D eigenvalue weighted by atomic mass is 14.9. The van der Waals surface area contributed by atoms with Gasteiger partial charge in [0.1, 0.15) is 0 Å². The molecule has 14 heavy (non-hydrogen) atoms. The van der Waals surface area contributed by atoms with Crippen LogP contribution in [0.3, 0.4) is 0 Å². The van der Waals surface area contributed by atoms with Gasteiger partial charge in [0.15, 0.2) is 0 Å². The van der Waals surface area contributed by atoms with E-state index in [1.54, 1.807) is 0 Å². The first-order valence-electron chi connectivity index (χ1n) is 5.47. The van der Waals surface area contributed by atoms with E-state index in [-0.39, 0.29) is 0 Å². The van der Waals surface area contributed by atoms with Crippen LogP contribution in [0.2, 0.25) is 0 Å². The summed E-state index contributed by atoms with van der Waals surface area (Å²) in [6, 6.07) is 4.11. The Kier molecular flexibility index (Phi) is 3.14. The van der Waals surface area contributed by atoms with E-state index < -0.39 is 0 Å². The fraction of sp³-hybridized carbons (Fsp3) is 0.583. The van der Waals surface area contributed by atoms with Gasteiger partial charge < -0.3 is 5.32 Å². The molecule has 2 rings (SSSR count). The van der Waals surface area contributed by atoms with Crippen LogP contribution in [0.4, 0.5) is 0 Å². The molecule has 1 saturated carbocycles. The second-order valence-electron chi connectivity index (χ2n) is 4.18. The largest absolute Gasteiger partial charge is 0.311 e. The van der Waals surface area contributed by atoms with Crippen LogP contribution in [-0.2, 0) is 6.54 Å². The zero-order valence-corrected chi connectivity index (χ0v) is 8.79. The van der Waals surface area contributed by atoms with Crippen molar-refractivity contribution in [3.63, 3.8) is 0 Å². The van der Waals surface area contributed by atoms with Crippen LogP contribution in [0.5, 0.6) is 0 Å². The molecule has 0 unspecified atom stereocenters. The first kappa shape index (κ1) is 9.66. The van der Waals surface area contributed by atoms with Gasteiger partial charge >= 0.3 is 0 Å². The van der Waals surface area contributed by atoms with Crippen LogP contribution in [0.1, 0.15) is 30.5 Å². The van der Waals surface area contributed by atoms with E-state index >= 15 is 0 Å². The van der Waals surface area contributed by atoms with Crippen molar-refractivity contribution in [3.05, 3.63) is 29.6 Å². The van der Waals surface area contributed by atoms with Crippen LogP contribution in [0, 0.1) is 12.8 Å². The molecule has 76 valence electrons. The fourth-order valence-electron chi connectivity index (χ4n) is 1.62. The summed E-state index contributed by atoms with van der Waals surface area (Å²) in [6.07, 6.45) is 6.10. The molecule has 0 amide bonds. The first-order valence-corrected chi connectivity index (χ1v) is 5.47. The summed E-state index contributed by atoms with van der Waals surface area (Å²) in [5.41, 5.74) is 2.47. The minimum Gasteiger partial charge on any atom is -0.311 e. The Bertz CT molecular complexity index is 292. The second-order valence-corrected chi connectivity index (χ2v) is 4.18. The Hall–Kier alpha value is -0.890. The van der Waals surface area contributed by atoms with Crippen molar-refractivity contribution in [2.75, 3.05) is 6.54 Å². The Morgan fingerprint density at radius 1 is 1.50 bits per heavy atom. The van der Waals surface area contributed by atoms with Crippen molar-refractivity contribution in [1.29, 1.82) is 0 Å². The van der Waals surface area contributed by atoms with Crippen molar-refractivity contribution in [1.82, 2.24) is 10.3 Å². The van der Waals surface area contributed by atoms with Gasteiger partial charge in [-0.15, -0.1) is 0 Å². The Balaban J connectivity index is 1.71. The third-order valence-electron chi connectivity index (χ3n) is 2.84. The average molecular weight is 190 g/mol. The second kappa shape index (κ2) is 4.56. The minimum atomic E-state index is 0.916. The molecule has 0 radical (unpaired) electrons. The van der Waals surface area contributed by atoms with E-state index in [4.69, 9.17) is 0 Å². The maximum atomic E-state index is 4.35. The number of hydrogen-bond donors (Lipinski definition) is 1. The quantitative estimate of drug-likeness (QED) is 0.720. The van der Waals surface area contributed by atoms with Gasteiger partial charge in [-0.2, -0.15) is 0 Å². The predicted octanol–water partition coefficient (Wildman–Crippen LogP) is 2.28. The number of hydrogen-bond acceptors (Lipinski definition) is 2. The lowest BCUT2D eigenvalue weighted by molar-refractivity contribution is 0.605. The summed E-state index contributed by atoms with van der Waals surface area (Å²) < 4.78 is 0. The maximum absolute atomic E-state index is 4.35. The topological polar surface area (TPSA) is 24.9 Å². The number of pyridine rings is 1. The predicted molar refractivity (Wildman–Crippen MR) is 58.0 cm³/mol. The van der Waals surface area contributed by atoms with Crippen LogP contribution in [0.25, 0.3) is 0 Å². The Labute approximate surface area is 85.7 Å². The average Bonchev–Trinajstić information content (AvgIpc) is 2.99. The number of nitrogens with one attached hydrogen (secondary N) is 1. The highest BCUT2D eigenvalue weighted by molar-refractivity contribution is 5.17. The third-order valence-corrected chi connectivity index (χ3v) is 2.84. The Morgan fingerprint density at radius 3 is 3.07 bits per heavy atom.